The number of rotatable bonds is 7. The van der Waals surface area contributed by atoms with Crippen molar-refractivity contribution in [3.05, 3.63) is 60.2 Å². The van der Waals surface area contributed by atoms with Crippen LogP contribution in [0.2, 0.25) is 0 Å². The second kappa shape index (κ2) is 10.1. The fourth-order valence-electron chi connectivity index (χ4n) is 3.79. The van der Waals surface area contributed by atoms with Gasteiger partial charge in [-0.2, -0.15) is 0 Å². The molecule has 2 aromatic carbocycles. The Kier molecular flexibility index (Phi) is 7.31. The van der Waals surface area contributed by atoms with Gasteiger partial charge in [-0.3, -0.25) is 0 Å². The minimum Gasteiger partial charge on any atom is -0.497 e. The smallest absolute Gasteiger partial charge is 0.321 e. The van der Waals surface area contributed by atoms with Gasteiger partial charge in [0.15, 0.2) is 0 Å². The average molecular weight is 382 g/mol. The van der Waals surface area contributed by atoms with Crippen LogP contribution in [0.3, 0.4) is 0 Å². The largest absolute Gasteiger partial charge is 0.497 e. The van der Waals surface area contributed by atoms with E-state index in [1.807, 2.05) is 54.4 Å². The Morgan fingerprint density at radius 2 is 1.93 bits per heavy atom. The third-order valence-corrected chi connectivity index (χ3v) is 5.38. The van der Waals surface area contributed by atoms with Gasteiger partial charge < -0.3 is 19.9 Å². The van der Waals surface area contributed by atoms with Crippen molar-refractivity contribution in [3.8, 4) is 5.75 Å². The molecule has 1 aliphatic rings. The van der Waals surface area contributed by atoms with Crippen LogP contribution in [0.4, 0.5) is 10.5 Å². The van der Waals surface area contributed by atoms with Crippen LogP contribution < -0.4 is 10.1 Å². The Hall–Kier alpha value is -2.53. The van der Waals surface area contributed by atoms with Crippen LogP contribution in [0, 0.1) is 5.92 Å². The number of anilines is 1. The summed E-state index contributed by atoms with van der Waals surface area (Å²) >= 11 is 0. The molecule has 0 aromatic heterocycles. The van der Waals surface area contributed by atoms with Crippen LogP contribution in [0.5, 0.6) is 5.75 Å². The molecular weight excluding hydrogens is 350 g/mol. The lowest BCUT2D eigenvalue weighted by molar-refractivity contribution is 0.150. The fourth-order valence-corrected chi connectivity index (χ4v) is 3.79. The number of piperidine rings is 1. The monoisotopic (exact) mass is 381 g/mol. The molecule has 1 heterocycles. The van der Waals surface area contributed by atoms with E-state index < -0.39 is 0 Å². The third-order valence-electron chi connectivity index (χ3n) is 5.38. The first-order chi connectivity index (χ1) is 13.6. The number of nitrogens with zero attached hydrogens (tertiary/aromatic N) is 2. The Balaban J connectivity index is 1.44. The molecule has 2 amide bonds. The molecule has 0 saturated carbocycles. The molecule has 2 aromatic rings. The number of nitrogens with one attached hydrogen (secondary N) is 1. The molecule has 3 rings (SSSR count). The van der Waals surface area contributed by atoms with Crippen LogP contribution in [-0.2, 0) is 6.42 Å². The summed E-state index contributed by atoms with van der Waals surface area (Å²) in [4.78, 5) is 16.8. The van der Waals surface area contributed by atoms with Gasteiger partial charge in [0.2, 0.25) is 0 Å². The highest BCUT2D eigenvalue weighted by Crippen LogP contribution is 2.19. The maximum Gasteiger partial charge on any atom is 0.321 e. The fraction of sp³-hybridized carbons (Fsp3) is 0.435. The standard InChI is InChI=1S/C23H31N3O2/c1-25(23(27)24-21-8-4-3-5-9-21)17-20-7-6-15-26(18-20)16-14-19-10-12-22(28-2)13-11-19/h3-5,8-13,20H,6-7,14-18H2,1-2H3,(H,24,27)/t20-/m0/s1. The maximum absolute atomic E-state index is 12.4. The number of benzene rings is 2. The normalized spacial score (nSPS) is 17.1. The lowest BCUT2D eigenvalue weighted by atomic mass is 9.97. The van der Waals surface area contributed by atoms with Crippen molar-refractivity contribution < 1.29 is 9.53 Å². The van der Waals surface area contributed by atoms with Gasteiger partial charge in [-0.1, -0.05) is 30.3 Å². The number of carbonyl (C=O) groups excluding carboxylic acids is 1. The number of urea groups is 1. The Labute approximate surface area is 168 Å². The van der Waals surface area contributed by atoms with Crippen LogP contribution in [-0.4, -0.2) is 56.2 Å². The van der Waals surface area contributed by atoms with Crippen molar-refractivity contribution in [2.75, 3.05) is 45.7 Å². The number of hydrogen-bond acceptors (Lipinski definition) is 3. The number of amides is 2. The quantitative estimate of drug-likeness (QED) is 0.785. The highest BCUT2D eigenvalue weighted by atomic mass is 16.5. The van der Waals surface area contributed by atoms with Gasteiger partial charge >= 0.3 is 6.03 Å². The number of ether oxygens (including phenoxy) is 1. The van der Waals surface area contributed by atoms with E-state index in [1.54, 1.807) is 7.11 Å². The molecule has 1 fully saturated rings. The van der Waals surface area contributed by atoms with Crippen LogP contribution in [0.15, 0.2) is 54.6 Å². The molecule has 1 aliphatic heterocycles. The molecule has 1 atom stereocenters. The first-order valence-electron chi connectivity index (χ1n) is 10.1. The zero-order chi connectivity index (χ0) is 19.8. The summed E-state index contributed by atoms with van der Waals surface area (Å²) in [6, 6.07) is 17.9. The van der Waals surface area contributed by atoms with Crippen LogP contribution in [0.1, 0.15) is 18.4 Å². The molecule has 1 N–H and O–H groups in total. The number of likely N-dealkylation sites (tertiary alicyclic amines) is 1. The maximum atomic E-state index is 12.4. The van der Waals surface area contributed by atoms with E-state index in [2.05, 4.69) is 22.3 Å². The van der Waals surface area contributed by atoms with Gasteiger partial charge in [-0.15, -0.1) is 0 Å². The molecule has 5 nitrogen and oxygen atoms in total. The minimum atomic E-state index is -0.0402. The predicted molar refractivity (Wildman–Crippen MR) is 114 cm³/mol. The van der Waals surface area contributed by atoms with Crippen LogP contribution >= 0.6 is 0 Å². The molecule has 1 saturated heterocycles. The van der Waals surface area contributed by atoms with E-state index >= 15 is 0 Å². The summed E-state index contributed by atoms with van der Waals surface area (Å²) in [5.74, 6) is 1.43. The average Bonchev–Trinajstić information content (AvgIpc) is 2.73. The molecule has 0 spiro atoms. The highest BCUT2D eigenvalue weighted by molar-refractivity contribution is 5.89. The molecule has 0 unspecified atom stereocenters. The third kappa shape index (κ3) is 5.99. The van der Waals surface area contributed by atoms with E-state index in [4.69, 9.17) is 4.74 Å². The molecule has 0 bridgehead atoms. The van der Waals surface area contributed by atoms with Crippen LogP contribution in [0.25, 0.3) is 0 Å². The van der Waals surface area contributed by atoms with Gasteiger partial charge in [0.1, 0.15) is 5.75 Å². The summed E-state index contributed by atoms with van der Waals surface area (Å²) in [6.07, 6.45) is 3.42. The Bertz CT molecular complexity index is 733. The molecular formula is C23H31N3O2. The lowest BCUT2D eigenvalue weighted by Gasteiger charge is -2.34. The van der Waals surface area contributed by atoms with Crippen molar-refractivity contribution in [2.24, 2.45) is 5.92 Å². The Morgan fingerprint density at radius 1 is 1.18 bits per heavy atom. The first kappa shape index (κ1) is 20.2. The summed E-state index contributed by atoms with van der Waals surface area (Å²) in [7, 11) is 3.58. The predicted octanol–water partition coefficient (Wildman–Crippen LogP) is 4.11. The van der Waals surface area contributed by atoms with E-state index in [9.17, 15) is 4.79 Å². The van der Waals surface area contributed by atoms with E-state index in [-0.39, 0.29) is 6.03 Å². The van der Waals surface area contributed by atoms with Gasteiger partial charge in [0.25, 0.3) is 0 Å². The van der Waals surface area contributed by atoms with Gasteiger partial charge in [-0.25, -0.2) is 4.79 Å². The molecule has 0 radical (unpaired) electrons. The van der Waals surface area contributed by atoms with E-state index in [0.717, 1.165) is 44.0 Å². The lowest BCUT2D eigenvalue weighted by Crippen LogP contribution is -2.43. The summed E-state index contributed by atoms with van der Waals surface area (Å²) in [6.45, 7) is 4.05. The molecule has 5 heteroatoms. The SMILES string of the molecule is COc1ccc(CCN2CCC[C@@H](CN(C)C(=O)Nc3ccccc3)C2)cc1. The van der Waals surface area contributed by atoms with Gasteiger partial charge in [0, 0.05) is 32.4 Å². The zero-order valence-corrected chi connectivity index (χ0v) is 16.9. The summed E-state index contributed by atoms with van der Waals surface area (Å²) in [5, 5.41) is 2.96. The van der Waals surface area contributed by atoms with Crippen molar-refractivity contribution in [1.82, 2.24) is 9.80 Å². The van der Waals surface area contributed by atoms with Gasteiger partial charge in [0.05, 0.1) is 7.11 Å². The van der Waals surface area contributed by atoms with Crippen molar-refractivity contribution in [2.45, 2.75) is 19.3 Å². The minimum absolute atomic E-state index is 0.0402. The number of methoxy groups -OCH3 is 1. The molecule has 150 valence electrons. The van der Waals surface area contributed by atoms with Crippen molar-refractivity contribution >= 4 is 11.7 Å². The summed E-state index contributed by atoms with van der Waals surface area (Å²) < 4.78 is 5.22. The summed E-state index contributed by atoms with van der Waals surface area (Å²) in [5.41, 5.74) is 2.17. The Morgan fingerprint density at radius 3 is 2.64 bits per heavy atom. The van der Waals surface area contributed by atoms with Gasteiger partial charge in [-0.05, 0) is 61.6 Å². The number of para-hydroxylation sites is 1. The van der Waals surface area contributed by atoms with Crippen molar-refractivity contribution in [1.29, 1.82) is 0 Å². The van der Waals surface area contributed by atoms with Crippen molar-refractivity contribution in [3.63, 3.8) is 0 Å². The first-order valence-corrected chi connectivity index (χ1v) is 10.1. The topological polar surface area (TPSA) is 44.8 Å². The number of hydrogen-bond donors (Lipinski definition) is 1. The second-order valence-electron chi connectivity index (χ2n) is 7.58. The van der Waals surface area contributed by atoms with E-state index in [0.29, 0.717) is 5.92 Å². The van der Waals surface area contributed by atoms with E-state index in [1.165, 1.54) is 18.4 Å². The number of carbonyl (C=O) groups is 1. The second-order valence-corrected chi connectivity index (χ2v) is 7.58. The molecule has 0 aliphatic carbocycles. The highest BCUT2D eigenvalue weighted by Gasteiger charge is 2.22. The molecule has 28 heavy (non-hydrogen) atoms. The zero-order valence-electron chi connectivity index (χ0n) is 16.9.